The maximum Gasteiger partial charge on any atom is 0.321 e. The Morgan fingerprint density at radius 3 is 2.44 bits per heavy atom. The van der Waals surface area contributed by atoms with E-state index in [1.165, 1.54) is 5.56 Å². The van der Waals surface area contributed by atoms with Gasteiger partial charge < -0.3 is 20.0 Å². The highest BCUT2D eigenvalue weighted by molar-refractivity contribution is 5.91. The summed E-state index contributed by atoms with van der Waals surface area (Å²) in [6.07, 6.45) is 6.41. The molecule has 190 valence electrons. The first-order valence-electron chi connectivity index (χ1n) is 12.8. The number of rotatable bonds is 3. The fourth-order valence-electron chi connectivity index (χ4n) is 6.20. The number of nitrogens with zero attached hydrogens (tertiary/aromatic N) is 4. The van der Waals surface area contributed by atoms with E-state index in [9.17, 15) is 14.4 Å². The van der Waals surface area contributed by atoms with Gasteiger partial charge in [0.05, 0.1) is 12.0 Å². The van der Waals surface area contributed by atoms with Crippen molar-refractivity contribution in [2.45, 2.75) is 45.6 Å². The Kier molecular flexibility index (Phi) is 6.45. The maximum absolute atomic E-state index is 13.6. The standard InChI is InChI=1S/C28H35N5O3/c1-19-6-7-23(20(2)15-19)30-27(36)32-12-8-28(9-13-32)10-14-33(18-28)26(35)22-16-24(34)31(3)25(22)21-5-4-11-29-17-21/h4-7,11,15,17,22,25H,8-10,12-14,16,18H2,1-3H3,(H,30,36). The molecule has 2 unspecified atom stereocenters. The molecule has 36 heavy (non-hydrogen) atoms. The van der Waals surface area contributed by atoms with Crippen molar-refractivity contribution in [1.82, 2.24) is 19.7 Å². The lowest BCUT2D eigenvalue weighted by atomic mass is 9.78. The van der Waals surface area contributed by atoms with E-state index in [2.05, 4.69) is 16.4 Å². The van der Waals surface area contributed by atoms with Crippen molar-refractivity contribution in [3.8, 4) is 0 Å². The summed E-state index contributed by atoms with van der Waals surface area (Å²) in [6.45, 7) is 6.82. The molecule has 2 aromatic rings. The van der Waals surface area contributed by atoms with E-state index >= 15 is 0 Å². The number of benzene rings is 1. The molecule has 3 aliphatic heterocycles. The summed E-state index contributed by atoms with van der Waals surface area (Å²) in [4.78, 5) is 48.8. The predicted molar refractivity (Wildman–Crippen MR) is 137 cm³/mol. The number of likely N-dealkylation sites (tertiary alicyclic amines) is 3. The molecule has 3 fully saturated rings. The van der Waals surface area contributed by atoms with Crippen LogP contribution in [0.4, 0.5) is 10.5 Å². The molecule has 1 aromatic heterocycles. The minimum Gasteiger partial charge on any atom is -0.342 e. The summed E-state index contributed by atoms with van der Waals surface area (Å²) in [5.74, 6) is -0.321. The Morgan fingerprint density at radius 1 is 1.06 bits per heavy atom. The molecule has 4 heterocycles. The van der Waals surface area contributed by atoms with Crippen LogP contribution in [0.2, 0.25) is 0 Å². The van der Waals surface area contributed by atoms with Gasteiger partial charge in [-0.1, -0.05) is 23.8 Å². The first-order chi connectivity index (χ1) is 17.3. The molecule has 1 N–H and O–H groups in total. The van der Waals surface area contributed by atoms with Crippen molar-refractivity contribution in [3.05, 3.63) is 59.4 Å². The van der Waals surface area contributed by atoms with Crippen LogP contribution in [0.3, 0.4) is 0 Å². The van der Waals surface area contributed by atoms with Gasteiger partial charge in [0.15, 0.2) is 0 Å². The highest BCUT2D eigenvalue weighted by Crippen LogP contribution is 2.43. The number of anilines is 1. The Bertz CT molecular complexity index is 1160. The van der Waals surface area contributed by atoms with Gasteiger partial charge in [-0.3, -0.25) is 14.6 Å². The third-order valence-electron chi connectivity index (χ3n) is 8.41. The molecule has 3 saturated heterocycles. The van der Waals surface area contributed by atoms with E-state index in [1.807, 2.05) is 47.9 Å². The van der Waals surface area contributed by atoms with E-state index in [-0.39, 0.29) is 41.6 Å². The monoisotopic (exact) mass is 489 g/mol. The molecule has 0 aliphatic carbocycles. The highest BCUT2D eigenvalue weighted by atomic mass is 16.2. The molecular formula is C28H35N5O3. The smallest absolute Gasteiger partial charge is 0.321 e. The third kappa shape index (κ3) is 4.56. The number of pyridine rings is 1. The number of hydrogen-bond donors (Lipinski definition) is 1. The van der Waals surface area contributed by atoms with Crippen LogP contribution in [0, 0.1) is 25.2 Å². The van der Waals surface area contributed by atoms with Gasteiger partial charge in [0, 0.05) is 57.7 Å². The Labute approximate surface area is 212 Å². The van der Waals surface area contributed by atoms with E-state index in [0.717, 1.165) is 36.1 Å². The number of hydrogen-bond acceptors (Lipinski definition) is 4. The van der Waals surface area contributed by atoms with Crippen molar-refractivity contribution < 1.29 is 14.4 Å². The van der Waals surface area contributed by atoms with Gasteiger partial charge in [-0.2, -0.15) is 0 Å². The van der Waals surface area contributed by atoms with Gasteiger partial charge >= 0.3 is 6.03 Å². The fraction of sp³-hybridized carbons (Fsp3) is 0.500. The van der Waals surface area contributed by atoms with Gasteiger partial charge in [0.25, 0.3) is 0 Å². The average molecular weight is 490 g/mol. The van der Waals surface area contributed by atoms with Crippen LogP contribution < -0.4 is 5.32 Å². The zero-order chi connectivity index (χ0) is 25.4. The molecule has 4 amide bonds. The van der Waals surface area contributed by atoms with Gasteiger partial charge in [-0.05, 0) is 61.8 Å². The number of aryl methyl sites for hydroxylation is 2. The van der Waals surface area contributed by atoms with Crippen molar-refractivity contribution in [3.63, 3.8) is 0 Å². The zero-order valence-corrected chi connectivity index (χ0v) is 21.4. The van der Waals surface area contributed by atoms with Crippen molar-refractivity contribution in [2.75, 3.05) is 38.5 Å². The van der Waals surface area contributed by atoms with Crippen molar-refractivity contribution >= 4 is 23.5 Å². The summed E-state index contributed by atoms with van der Waals surface area (Å²) >= 11 is 0. The van der Waals surface area contributed by atoms with Crippen LogP contribution in [0.5, 0.6) is 0 Å². The minimum atomic E-state index is -0.384. The molecule has 8 heteroatoms. The summed E-state index contributed by atoms with van der Waals surface area (Å²) < 4.78 is 0. The van der Waals surface area contributed by atoms with Crippen LogP contribution >= 0.6 is 0 Å². The summed E-state index contributed by atoms with van der Waals surface area (Å²) in [5, 5.41) is 3.06. The zero-order valence-electron chi connectivity index (χ0n) is 21.4. The van der Waals surface area contributed by atoms with Crippen LogP contribution in [0.1, 0.15) is 48.4 Å². The van der Waals surface area contributed by atoms with Crippen LogP contribution in [-0.4, -0.2) is 70.8 Å². The van der Waals surface area contributed by atoms with Crippen molar-refractivity contribution in [1.29, 1.82) is 0 Å². The summed E-state index contributed by atoms with van der Waals surface area (Å²) in [5.41, 5.74) is 4.03. The molecule has 8 nitrogen and oxygen atoms in total. The van der Waals surface area contributed by atoms with E-state index < -0.39 is 0 Å². The van der Waals surface area contributed by atoms with Gasteiger partial charge in [-0.15, -0.1) is 0 Å². The minimum absolute atomic E-state index is 0.000697. The molecule has 0 bridgehead atoms. The number of aromatic nitrogens is 1. The molecule has 1 aromatic carbocycles. The van der Waals surface area contributed by atoms with Crippen molar-refractivity contribution in [2.24, 2.45) is 11.3 Å². The molecular weight excluding hydrogens is 454 g/mol. The number of nitrogens with one attached hydrogen (secondary N) is 1. The molecule has 2 atom stereocenters. The van der Waals surface area contributed by atoms with E-state index in [1.54, 1.807) is 24.3 Å². The molecule has 5 rings (SSSR count). The lowest BCUT2D eigenvalue weighted by molar-refractivity contribution is -0.136. The maximum atomic E-state index is 13.6. The second-order valence-electron chi connectivity index (χ2n) is 10.8. The van der Waals surface area contributed by atoms with Gasteiger partial charge in [0.1, 0.15) is 0 Å². The van der Waals surface area contributed by atoms with E-state index in [4.69, 9.17) is 0 Å². The molecule has 0 saturated carbocycles. The number of carbonyl (C=O) groups is 3. The topological polar surface area (TPSA) is 85.8 Å². The van der Waals surface area contributed by atoms with Gasteiger partial charge in [-0.25, -0.2) is 4.79 Å². The SMILES string of the molecule is Cc1ccc(NC(=O)N2CCC3(CC2)CCN(C(=O)C2CC(=O)N(C)C2c2cccnc2)C3)c(C)c1. The summed E-state index contributed by atoms with van der Waals surface area (Å²) in [6, 6.07) is 9.49. The molecule has 3 aliphatic rings. The average Bonchev–Trinajstić information content (AvgIpc) is 3.42. The number of amides is 4. The second kappa shape index (κ2) is 9.56. The quantitative estimate of drug-likeness (QED) is 0.711. The second-order valence-corrected chi connectivity index (χ2v) is 10.8. The molecule has 0 radical (unpaired) electrons. The Balaban J connectivity index is 1.20. The lowest BCUT2D eigenvalue weighted by Crippen LogP contribution is -2.46. The molecule has 1 spiro atoms. The van der Waals surface area contributed by atoms with Gasteiger partial charge in [0.2, 0.25) is 11.8 Å². The Morgan fingerprint density at radius 2 is 1.78 bits per heavy atom. The predicted octanol–water partition coefficient (Wildman–Crippen LogP) is 3.76. The third-order valence-corrected chi connectivity index (χ3v) is 8.41. The normalized spacial score (nSPS) is 23.4. The first-order valence-corrected chi connectivity index (χ1v) is 12.8. The number of urea groups is 1. The van der Waals surface area contributed by atoms with Crippen LogP contribution in [0.25, 0.3) is 0 Å². The van der Waals surface area contributed by atoms with Crippen LogP contribution in [-0.2, 0) is 9.59 Å². The lowest BCUT2D eigenvalue weighted by Gasteiger charge is -2.39. The number of carbonyl (C=O) groups excluding carboxylic acids is 3. The Hall–Kier alpha value is -3.42. The largest absolute Gasteiger partial charge is 0.342 e. The van der Waals surface area contributed by atoms with E-state index in [0.29, 0.717) is 26.2 Å². The number of piperidine rings is 1. The first kappa shape index (κ1) is 24.3. The van der Waals surface area contributed by atoms with Crippen LogP contribution in [0.15, 0.2) is 42.7 Å². The highest BCUT2D eigenvalue weighted by Gasteiger charge is 2.48. The summed E-state index contributed by atoms with van der Waals surface area (Å²) in [7, 11) is 1.78. The fourth-order valence-corrected chi connectivity index (χ4v) is 6.20.